The first-order chi connectivity index (χ1) is 13.0. The van der Waals surface area contributed by atoms with Gasteiger partial charge in [-0.1, -0.05) is 29.8 Å². The van der Waals surface area contributed by atoms with E-state index < -0.39 is 0 Å². The molecule has 0 aliphatic carbocycles. The highest BCUT2D eigenvalue weighted by molar-refractivity contribution is 14.0. The van der Waals surface area contributed by atoms with E-state index in [1.807, 2.05) is 37.3 Å². The molecule has 0 bridgehead atoms. The molecule has 0 saturated carbocycles. The predicted octanol–water partition coefficient (Wildman–Crippen LogP) is 3.35. The van der Waals surface area contributed by atoms with Crippen LogP contribution in [0.5, 0.6) is 0 Å². The molecule has 0 radical (unpaired) electrons. The van der Waals surface area contributed by atoms with Crippen molar-refractivity contribution in [1.29, 1.82) is 0 Å². The van der Waals surface area contributed by atoms with Crippen LogP contribution in [0, 0.1) is 0 Å². The highest BCUT2D eigenvalue weighted by Crippen LogP contribution is 2.08. The third kappa shape index (κ3) is 8.02. The number of guanidine groups is 1. The maximum absolute atomic E-state index is 12.1. The normalized spacial score (nSPS) is 10.8. The van der Waals surface area contributed by atoms with E-state index in [1.165, 1.54) is 0 Å². The Morgan fingerprint density at radius 1 is 1.18 bits per heavy atom. The maximum Gasteiger partial charge on any atom is 0.253 e. The Balaban J connectivity index is 0.00000392. The summed E-state index contributed by atoms with van der Waals surface area (Å²) in [6, 6.07) is 11.4. The lowest BCUT2D eigenvalue weighted by atomic mass is 10.1. The highest BCUT2D eigenvalue weighted by Gasteiger charge is 2.08. The molecule has 0 aliphatic heterocycles. The number of rotatable bonds is 7. The van der Waals surface area contributed by atoms with Crippen molar-refractivity contribution in [2.24, 2.45) is 4.99 Å². The van der Waals surface area contributed by atoms with E-state index in [0.29, 0.717) is 23.8 Å². The topological polar surface area (TPSA) is 69.6 Å². The van der Waals surface area contributed by atoms with Crippen molar-refractivity contribution in [3.05, 3.63) is 64.4 Å². The van der Waals surface area contributed by atoms with Gasteiger partial charge in [0.1, 0.15) is 5.15 Å². The zero-order chi connectivity index (χ0) is 19.6. The van der Waals surface area contributed by atoms with Gasteiger partial charge in [0.2, 0.25) is 0 Å². The van der Waals surface area contributed by atoms with Gasteiger partial charge in [0, 0.05) is 38.9 Å². The Labute approximate surface area is 188 Å². The summed E-state index contributed by atoms with van der Waals surface area (Å²) < 4.78 is 0. The summed E-state index contributed by atoms with van der Waals surface area (Å²) in [6.45, 7) is 4.03. The van der Waals surface area contributed by atoms with Gasteiger partial charge in [0.15, 0.2) is 5.96 Å². The summed E-state index contributed by atoms with van der Waals surface area (Å²) in [4.78, 5) is 22.3. The third-order valence-corrected chi connectivity index (χ3v) is 4.06. The van der Waals surface area contributed by atoms with Gasteiger partial charge in [-0.2, -0.15) is 0 Å². The smallest absolute Gasteiger partial charge is 0.253 e. The quantitative estimate of drug-likeness (QED) is 0.257. The Hall–Kier alpha value is -1.87. The van der Waals surface area contributed by atoms with Gasteiger partial charge in [0.05, 0.1) is 6.54 Å². The van der Waals surface area contributed by atoms with Crippen molar-refractivity contribution in [2.75, 3.05) is 27.2 Å². The van der Waals surface area contributed by atoms with Gasteiger partial charge in [0.25, 0.3) is 5.91 Å². The SMILES string of the molecule is CCNC(=NCc1ccc(Cl)nc1)NCCc1cccc(C(=O)N(C)C)c1.I. The zero-order valence-corrected chi connectivity index (χ0v) is 19.5. The summed E-state index contributed by atoms with van der Waals surface area (Å²) in [5.41, 5.74) is 2.80. The van der Waals surface area contributed by atoms with Crippen molar-refractivity contribution < 1.29 is 4.79 Å². The lowest BCUT2D eigenvalue weighted by Crippen LogP contribution is -2.38. The maximum atomic E-state index is 12.1. The van der Waals surface area contributed by atoms with Crippen molar-refractivity contribution in [3.63, 3.8) is 0 Å². The Bertz CT molecular complexity index is 780. The van der Waals surface area contributed by atoms with E-state index in [1.54, 1.807) is 31.3 Å². The number of hydrogen-bond acceptors (Lipinski definition) is 3. The summed E-state index contributed by atoms with van der Waals surface area (Å²) >= 11 is 5.80. The fourth-order valence-corrected chi connectivity index (χ4v) is 2.57. The van der Waals surface area contributed by atoms with Gasteiger partial charge < -0.3 is 15.5 Å². The minimum absolute atomic E-state index is 0. The second-order valence-electron chi connectivity index (χ2n) is 6.26. The van der Waals surface area contributed by atoms with E-state index in [4.69, 9.17) is 11.6 Å². The summed E-state index contributed by atoms with van der Waals surface area (Å²) in [5.74, 6) is 0.754. The van der Waals surface area contributed by atoms with Gasteiger partial charge in [-0.3, -0.25) is 4.79 Å². The Morgan fingerprint density at radius 3 is 2.61 bits per heavy atom. The van der Waals surface area contributed by atoms with Crippen LogP contribution in [0.2, 0.25) is 5.15 Å². The van der Waals surface area contributed by atoms with Crippen LogP contribution < -0.4 is 10.6 Å². The molecular formula is C20H27ClIN5O. The second-order valence-corrected chi connectivity index (χ2v) is 6.65. The number of pyridine rings is 1. The molecule has 1 amide bonds. The Morgan fingerprint density at radius 2 is 1.96 bits per heavy atom. The number of carbonyl (C=O) groups is 1. The molecule has 152 valence electrons. The average Bonchev–Trinajstić information content (AvgIpc) is 2.67. The average molecular weight is 516 g/mol. The highest BCUT2D eigenvalue weighted by atomic mass is 127. The van der Waals surface area contributed by atoms with Gasteiger partial charge >= 0.3 is 0 Å². The number of aliphatic imine (C=N–C) groups is 1. The predicted molar refractivity (Wildman–Crippen MR) is 126 cm³/mol. The molecule has 0 atom stereocenters. The van der Waals surface area contributed by atoms with Crippen LogP contribution in [-0.2, 0) is 13.0 Å². The standard InChI is InChI=1S/C20H26ClN5O.HI/c1-4-22-20(25-14-16-8-9-18(21)24-13-16)23-11-10-15-6-5-7-17(12-15)19(27)26(2)3;/h5-9,12-13H,4,10-11,14H2,1-3H3,(H2,22,23,25);1H. The monoisotopic (exact) mass is 515 g/mol. The molecular weight excluding hydrogens is 489 g/mol. The van der Waals surface area contributed by atoms with Crippen LogP contribution >= 0.6 is 35.6 Å². The lowest BCUT2D eigenvalue weighted by molar-refractivity contribution is 0.0827. The van der Waals surface area contributed by atoms with Gasteiger partial charge in [-0.25, -0.2) is 9.98 Å². The van der Waals surface area contributed by atoms with E-state index in [9.17, 15) is 4.79 Å². The second kappa shape index (κ2) is 12.6. The number of nitrogens with one attached hydrogen (secondary N) is 2. The number of amides is 1. The Kier molecular flexibility index (Phi) is 10.8. The summed E-state index contributed by atoms with van der Waals surface area (Å²) in [7, 11) is 3.51. The molecule has 2 aromatic rings. The molecule has 28 heavy (non-hydrogen) atoms. The van der Waals surface area contributed by atoms with Crippen molar-refractivity contribution in [3.8, 4) is 0 Å². The van der Waals surface area contributed by atoms with Crippen LogP contribution in [0.3, 0.4) is 0 Å². The van der Waals surface area contributed by atoms with Crippen LogP contribution in [0.25, 0.3) is 0 Å². The van der Waals surface area contributed by atoms with Crippen molar-refractivity contribution in [1.82, 2.24) is 20.5 Å². The largest absolute Gasteiger partial charge is 0.357 e. The number of hydrogen-bond donors (Lipinski definition) is 2. The van der Waals surface area contributed by atoms with E-state index in [0.717, 1.165) is 30.1 Å². The molecule has 6 nitrogen and oxygen atoms in total. The minimum Gasteiger partial charge on any atom is -0.357 e. The van der Waals surface area contributed by atoms with Gasteiger partial charge in [-0.05, 0) is 42.7 Å². The minimum atomic E-state index is 0. The molecule has 0 saturated heterocycles. The van der Waals surface area contributed by atoms with Crippen LogP contribution in [0.4, 0.5) is 0 Å². The summed E-state index contributed by atoms with van der Waals surface area (Å²) in [5, 5.41) is 7.02. The molecule has 1 aromatic heterocycles. The molecule has 8 heteroatoms. The number of nitrogens with zero attached hydrogens (tertiary/aromatic N) is 3. The van der Waals surface area contributed by atoms with Crippen molar-refractivity contribution in [2.45, 2.75) is 19.9 Å². The molecule has 1 heterocycles. The molecule has 1 aromatic carbocycles. The van der Waals surface area contributed by atoms with Crippen LogP contribution in [-0.4, -0.2) is 48.9 Å². The van der Waals surface area contributed by atoms with Crippen molar-refractivity contribution >= 4 is 47.4 Å². The first-order valence-electron chi connectivity index (χ1n) is 8.92. The van der Waals surface area contributed by atoms with Gasteiger partial charge in [-0.15, -0.1) is 24.0 Å². The molecule has 0 spiro atoms. The first-order valence-corrected chi connectivity index (χ1v) is 9.30. The van der Waals surface area contributed by atoms with Crippen LogP contribution in [0.15, 0.2) is 47.6 Å². The zero-order valence-electron chi connectivity index (χ0n) is 16.4. The number of benzene rings is 1. The number of halogens is 2. The molecule has 2 rings (SSSR count). The van der Waals surface area contributed by atoms with E-state index in [-0.39, 0.29) is 29.9 Å². The summed E-state index contributed by atoms with van der Waals surface area (Å²) in [6.07, 6.45) is 2.52. The molecule has 2 N–H and O–H groups in total. The van der Waals surface area contributed by atoms with E-state index in [2.05, 4.69) is 20.6 Å². The van der Waals surface area contributed by atoms with Crippen LogP contribution in [0.1, 0.15) is 28.4 Å². The number of carbonyl (C=O) groups excluding carboxylic acids is 1. The van der Waals surface area contributed by atoms with E-state index >= 15 is 0 Å². The first kappa shape index (κ1) is 24.2. The molecule has 0 aliphatic rings. The third-order valence-electron chi connectivity index (χ3n) is 3.84. The fourth-order valence-electron chi connectivity index (χ4n) is 2.46. The number of aromatic nitrogens is 1. The molecule has 0 unspecified atom stereocenters. The fraction of sp³-hybridized carbons (Fsp3) is 0.350. The molecule has 0 fully saturated rings. The lowest BCUT2D eigenvalue weighted by Gasteiger charge is -2.13.